The van der Waals surface area contributed by atoms with Crippen molar-refractivity contribution in [1.82, 2.24) is 20.0 Å². The average Bonchev–Trinajstić information content (AvgIpc) is 3.37. The number of aryl methyl sites for hydroxylation is 2. The first kappa shape index (κ1) is 18.9. The highest BCUT2D eigenvalue weighted by molar-refractivity contribution is 5.81. The van der Waals surface area contributed by atoms with Gasteiger partial charge in [0.15, 0.2) is 0 Å². The molecule has 2 aliphatic rings. The van der Waals surface area contributed by atoms with E-state index in [9.17, 15) is 9.59 Å². The lowest BCUT2D eigenvalue weighted by Gasteiger charge is -2.34. The van der Waals surface area contributed by atoms with Gasteiger partial charge < -0.3 is 9.80 Å². The summed E-state index contributed by atoms with van der Waals surface area (Å²) in [5, 5.41) is 7.19. The van der Waals surface area contributed by atoms with Crippen LogP contribution in [0.15, 0.2) is 0 Å². The van der Waals surface area contributed by atoms with Gasteiger partial charge in [-0.2, -0.15) is 5.10 Å². The second-order valence-electron chi connectivity index (χ2n) is 8.30. The van der Waals surface area contributed by atoms with Gasteiger partial charge in [-0.05, 0) is 50.5 Å². The molecule has 2 amide bonds. The van der Waals surface area contributed by atoms with E-state index in [1.54, 1.807) is 0 Å². The fourth-order valence-electron chi connectivity index (χ4n) is 3.92. The number of carbonyl (C=O) groups excluding carboxylic acids is 2. The summed E-state index contributed by atoms with van der Waals surface area (Å²) >= 11 is 0. The Kier molecular flexibility index (Phi) is 5.68. The zero-order valence-corrected chi connectivity index (χ0v) is 16.5. The van der Waals surface area contributed by atoms with Crippen LogP contribution in [0.25, 0.3) is 0 Å². The lowest BCUT2D eigenvalue weighted by atomic mass is 10.0. The smallest absolute Gasteiger partial charge is 0.224 e. The van der Waals surface area contributed by atoms with Crippen LogP contribution in [0.3, 0.4) is 0 Å². The van der Waals surface area contributed by atoms with Crippen molar-refractivity contribution < 1.29 is 9.59 Å². The SMILES string of the molecule is Cc1n[nH]c(C)c1CCC(=O)N1CCC(=O)N(CC2CC2)[C@H](C(C)C)C1. The number of amides is 2. The third-order valence-electron chi connectivity index (χ3n) is 5.87. The van der Waals surface area contributed by atoms with Gasteiger partial charge in [0, 0.05) is 38.2 Å². The number of aromatic amines is 1. The number of nitrogens with zero attached hydrogens (tertiary/aromatic N) is 3. The second-order valence-corrected chi connectivity index (χ2v) is 8.30. The van der Waals surface area contributed by atoms with E-state index in [-0.39, 0.29) is 17.9 Å². The van der Waals surface area contributed by atoms with Crippen molar-refractivity contribution in [2.45, 2.75) is 65.8 Å². The molecule has 26 heavy (non-hydrogen) atoms. The maximum absolute atomic E-state index is 12.9. The van der Waals surface area contributed by atoms with Crippen LogP contribution in [0.4, 0.5) is 0 Å². The molecule has 0 radical (unpaired) electrons. The molecule has 3 rings (SSSR count). The molecule has 1 aromatic rings. The van der Waals surface area contributed by atoms with Crippen LogP contribution in [0.1, 0.15) is 56.5 Å². The highest BCUT2D eigenvalue weighted by Crippen LogP contribution is 2.32. The van der Waals surface area contributed by atoms with Crippen LogP contribution in [-0.2, 0) is 16.0 Å². The highest BCUT2D eigenvalue weighted by Gasteiger charge is 2.36. The molecular formula is C20H32N4O2. The number of hydrogen-bond donors (Lipinski definition) is 1. The summed E-state index contributed by atoms with van der Waals surface area (Å²) in [7, 11) is 0. The summed E-state index contributed by atoms with van der Waals surface area (Å²) in [6.07, 6.45) is 4.10. The first-order valence-electron chi connectivity index (χ1n) is 9.94. The summed E-state index contributed by atoms with van der Waals surface area (Å²) in [6.45, 7) is 10.4. The fraction of sp³-hybridized carbons (Fsp3) is 0.750. The Hall–Kier alpha value is -1.85. The van der Waals surface area contributed by atoms with Gasteiger partial charge in [0.1, 0.15) is 0 Å². The van der Waals surface area contributed by atoms with Gasteiger partial charge in [-0.1, -0.05) is 13.8 Å². The normalized spacial score (nSPS) is 21.4. The van der Waals surface area contributed by atoms with Gasteiger partial charge in [-0.25, -0.2) is 0 Å². The Morgan fingerprint density at radius 1 is 1.31 bits per heavy atom. The van der Waals surface area contributed by atoms with Gasteiger partial charge in [0.25, 0.3) is 0 Å². The van der Waals surface area contributed by atoms with Crippen molar-refractivity contribution in [1.29, 1.82) is 0 Å². The molecule has 1 aromatic heterocycles. The monoisotopic (exact) mass is 360 g/mol. The van der Waals surface area contributed by atoms with Crippen LogP contribution in [0.5, 0.6) is 0 Å². The van der Waals surface area contributed by atoms with Gasteiger partial charge >= 0.3 is 0 Å². The van der Waals surface area contributed by atoms with E-state index >= 15 is 0 Å². The quantitative estimate of drug-likeness (QED) is 0.847. The van der Waals surface area contributed by atoms with E-state index in [2.05, 4.69) is 28.9 Å². The zero-order chi connectivity index (χ0) is 18.8. The fourth-order valence-corrected chi connectivity index (χ4v) is 3.92. The van der Waals surface area contributed by atoms with Crippen LogP contribution in [0.2, 0.25) is 0 Å². The van der Waals surface area contributed by atoms with Crippen molar-refractivity contribution in [2.75, 3.05) is 19.6 Å². The summed E-state index contributed by atoms with van der Waals surface area (Å²) in [5.74, 6) is 1.39. The van der Waals surface area contributed by atoms with Crippen molar-refractivity contribution in [2.24, 2.45) is 11.8 Å². The van der Waals surface area contributed by atoms with E-state index in [4.69, 9.17) is 0 Å². The molecule has 6 nitrogen and oxygen atoms in total. The van der Waals surface area contributed by atoms with Gasteiger partial charge in [-0.15, -0.1) is 0 Å². The Morgan fingerprint density at radius 3 is 2.62 bits per heavy atom. The molecular weight excluding hydrogens is 328 g/mol. The molecule has 1 atom stereocenters. The number of H-pyrrole nitrogens is 1. The lowest BCUT2D eigenvalue weighted by molar-refractivity contribution is -0.134. The predicted octanol–water partition coefficient (Wildman–Crippen LogP) is 2.45. The van der Waals surface area contributed by atoms with Crippen LogP contribution in [0, 0.1) is 25.7 Å². The van der Waals surface area contributed by atoms with E-state index in [0.717, 1.165) is 23.5 Å². The van der Waals surface area contributed by atoms with Gasteiger partial charge in [0.05, 0.1) is 11.7 Å². The van der Waals surface area contributed by atoms with Crippen molar-refractivity contribution in [3.05, 3.63) is 17.0 Å². The minimum atomic E-state index is 0.131. The molecule has 2 fully saturated rings. The van der Waals surface area contributed by atoms with Crippen LogP contribution in [-0.4, -0.2) is 57.5 Å². The minimum Gasteiger partial charge on any atom is -0.340 e. The maximum Gasteiger partial charge on any atom is 0.224 e. The second kappa shape index (κ2) is 7.80. The predicted molar refractivity (Wildman–Crippen MR) is 101 cm³/mol. The van der Waals surface area contributed by atoms with E-state index in [0.29, 0.717) is 44.2 Å². The number of rotatable bonds is 6. The topological polar surface area (TPSA) is 69.3 Å². The average molecular weight is 361 g/mol. The number of carbonyl (C=O) groups is 2. The minimum absolute atomic E-state index is 0.131. The highest BCUT2D eigenvalue weighted by atomic mass is 16.2. The van der Waals surface area contributed by atoms with E-state index < -0.39 is 0 Å². The molecule has 1 N–H and O–H groups in total. The van der Waals surface area contributed by atoms with Gasteiger partial charge in [0.2, 0.25) is 11.8 Å². The molecule has 2 heterocycles. The van der Waals surface area contributed by atoms with Gasteiger partial charge in [-0.3, -0.25) is 14.7 Å². The molecule has 6 heteroatoms. The Morgan fingerprint density at radius 2 is 2.04 bits per heavy atom. The van der Waals surface area contributed by atoms with Crippen LogP contribution >= 0.6 is 0 Å². The molecule has 1 aliphatic heterocycles. The number of nitrogens with one attached hydrogen (secondary N) is 1. The summed E-state index contributed by atoms with van der Waals surface area (Å²) in [5.41, 5.74) is 3.15. The summed E-state index contributed by atoms with van der Waals surface area (Å²) in [4.78, 5) is 29.5. The zero-order valence-electron chi connectivity index (χ0n) is 16.5. The maximum atomic E-state index is 12.9. The van der Waals surface area contributed by atoms with Crippen molar-refractivity contribution >= 4 is 11.8 Å². The third kappa shape index (κ3) is 4.27. The largest absolute Gasteiger partial charge is 0.340 e. The standard InChI is InChI=1S/C20H32N4O2/c1-13(2)18-12-23(10-9-20(26)24(18)11-16-5-6-16)19(25)8-7-17-14(3)21-22-15(17)4/h13,16,18H,5-12H2,1-4H3,(H,21,22)/t18-/m0/s1. The lowest BCUT2D eigenvalue weighted by Crippen LogP contribution is -2.48. The van der Waals surface area contributed by atoms with Crippen molar-refractivity contribution in [3.63, 3.8) is 0 Å². The van der Waals surface area contributed by atoms with E-state index in [1.165, 1.54) is 12.8 Å². The molecule has 144 valence electrons. The van der Waals surface area contributed by atoms with Crippen molar-refractivity contribution in [3.8, 4) is 0 Å². The molecule has 0 aromatic carbocycles. The van der Waals surface area contributed by atoms with E-state index in [1.807, 2.05) is 18.7 Å². The summed E-state index contributed by atoms with van der Waals surface area (Å²) < 4.78 is 0. The first-order chi connectivity index (χ1) is 12.4. The van der Waals surface area contributed by atoms with Crippen LogP contribution < -0.4 is 0 Å². The first-order valence-corrected chi connectivity index (χ1v) is 9.94. The number of hydrogen-bond acceptors (Lipinski definition) is 3. The Balaban J connectivity index is 1.65. The molecule has 1 saturated carbocycles. The third-order valence-corrected chi connectivity index (χ3v) is 5.87. The summed E-state index contributed by atoms with van der Waals surface area (Å²) in [6, 6.07) is 0.131. The molecule has 0 spiro atoms. The molecule has 0 bridgehead atoms. The number of aromatic nitrogens is 2. The Bertz CT molecular complexity index is 643. The molecule has 0 unspecified atom stereocenters. The molecule has 1 saturated heterocycles. The Labute approximate surface area is 156 Å². The molecule has 1 aliphatic carbocycles.